The first kappa shape index (κ1) is 13.8. The summed E-state index contributed by atoms with van der Waals surface area (Å²) in [5, 5.41) is 10.6. The van der Waals surface area contributed by atoms with Crippen LogP contribution in [0.4, 0.5) is 0 Å². The summed E-state index contributed by atoms with van der Waals surface area (Å²) < 4.78 is 16.1. The Morgan fingerprint density at radius 1 is 1.00 bits per heavy atom. The summed E-state index contributed by atoms with van der Waals surface area (Å²) in [6, 6.07) is 9.60. The fourth-order valence-corrected chi connectivity index (χ4v) is 2.13. The molecule has 0 aromatic heterocycles. The molecule has 0 unspecified atom stereocenters. The van der Waals surface area contributed by atoms with Crippen LogP contribution in [-0.2, 0) is 0 Å². The van der Waals surface area contributed by atoms with Crippen molar-refractivity contribution in [3.63, 3.8) is 0 Å². The first-order valence-corrected chi connectivity index (χ1v) is 6.04. The molecule has 2 aromatic rings. The third-order valence-corrected chi connectivity index (χ3v) is 3.05. The van der Waals surface area contributed by atoms with Gasteiger partial charge in [0.05, 0.1) is 27.4 Å². The summed E-state index contributed by atoms with van der Waals surface area (Å²) in [4.78, 5) is 0. The van der Waals surface area contributed by atoms with Gasteiger partial charge in [-0.1, -0.05) is 6.07 Å². The molecule has 0 saturated heterocycles. The molecule has 0 aliphatic heterocycles. The van der Waals surface area contributed by atoms with Crippen molar-refractivity contribution in [1.82, 2.24) is 0 Å². The van der Waals surface area contributed by atoms with Crippen molar-refractivity contribution in [2.75, 3.05) is 21.3 Å². The van der Waals surface area contributed by atoms with Gasteiger partial charge in [-0.15, -0.1) is 0 Å². The molecule has 0 fully saturated rings. The standard InChI is InChI=1S/C16H15NO3/c1-18-14-7-6-11-10-15(19-2)12(5-4-8-17)9-13(11)16(14)20-3/h4-7,9-10H,1-3H3. The van der Waals surface area contributed by atoms with Crippen LogP contribution >= 0.6 is 0 Å². The normalized spacial score (nSPS) is 10.5. The van der Waals surface area contributed by atoms with Crippen LogP contribution in [0.25, 0.3) is 16.8 Å². The first-order valence-electron chi connectivity index (χ1n) is 6.04. The van der Waals surface area contributed by atoms with Crippen LogP contribution in [0.3, 0.4) is 0 Å². The molecule has 0 saturated carbocycles. The summed E-state index contributed by atoms with van der Waals surface area (Å²) >= 11 is 0. The molecule has 2 rings (SSSR count). The van der Waals surface area contributed by atoms with Gasteiger partial charge >= 0.3 is 0 Å². The zero-order valence-electron chi connectivity index (χ0n) is 11.6. The van der Waals surface area contributed by atoms with Crippen LogP contribution in [-0.4, -0.2) is 21.3 Å². The van der Waals surface area contributed by atoms with Crippen molar-refractivity contribution in [2.24, 2.45) is 0 Å². The predicted octanol–water partition coefficient (Wildman–Crippen LogP) is 3.40. The van der Waals surface area contributed by atoms with Crippen LogP contribution in [0.1, 0.15) is 5.56 Å². The molecular formula is C16H15NO3. The number of hydrogen-bond donors (Lipinski definition) is 0. The second kappa shape index (κ2) is 5.98. The molecule has 0 spiro atoms. The maximum absolute atomic E-state index is 8.67. The molecule has 0 aliphatic rings. The van der Waals surface area contributed by atoms with E-state index in [0.29, 0.717) is 17.2 Å². The van der Waals surface area contributed by atoms with E-state index in [4.69, 9.17) is 19.5 Å². The second-order valence-corrected chi connectivity index (χ2v) is 4.08. The van der Waals surface area contributed by atoms with Gasteiger partial charge in [-0.2, -0.15) is 5.26 Å². The number of hydrogen-bond acceptors (Lipinski definition) is 4. The van der Waals surface area contributed by atoms with Gasteiger partial charge in [0.1, 0.15) is 5.75 Å². The number of benzene rings is 2. The fourth-order valence-electron chi connectivity index (χ4n) is 2.13. The van der Waals surface area contributed by atoms with Crippen LogP contribution in [0.5, 0.6) is 17.2 Å². The topological polar surface area (TPSA) is 51.5 Å². The zero-order chi connectivity index (χ0) is 14.5. The van der Waals surface area contributed by atoms with E-state index in [0.717, 1.165) is 16.3 Å². The maximum Gasteiger partial charge on any atom is 0.168 e. The monoisotopic (exact) mass is 269 g/mol. The van der Waals surface area contributed by atoms with Gasteiger partial charge in [0, 0.05) is 17.0 Å². The average Bonchev–Trinajstić information content (AvgIpc) is 2.50. The molecule has 4 nitrogen and oxygen atoms in total. The molecule has 4 heteroatoms. The highest BCUT2D eigenvalue weighted by Crippen LogP contribution is 2.38. The molecule has 102 valence electrons. The number of fused-ring (bicyclic) bond motifs is 1. The Bertz CT molecular complexity index is 699. The smallest absolute Gasteiger partial charge is 0.168 e. The summed E-state index contributed by atoms with van der Waals surface area (Å²) in [6.07, 6.45) is 3.12. The minimum Gasteiger partial charge on any atom is -0.496 e. The van der Waals surface area contributed by atoms with E-state index >= 15 is 0 Å². The van der Waals surface area contributed by atoms with Gasteiger partial charge in [-0.25, -0.2) is 0 Å². The van der Waals surface area contributed by atoms with Gasteiger partial charge < -0.3 is 14.2 Å². The summed E-state index contributed by atoms with van der Waals surface area (Å²) in [7, 11) is 4.81. The molecule has 0 bridgehead atoms. The lowest BCUT2D eigenvalue weighted by molar-refractivity contribution is 0.358. The molecule has 0 N–H and O–H groups in total. The van der Waals surface area contributed by atoms with Crippen molar-refractivity contribution in [3.05, 3.63) is 35.9 Å². The third kappa shape index (κ3) is 2.39. The van der Waals surface area contributed by atoms with Gasteiger partial charge in [-0.3, -0.25) is 0 Å². The number of nitriles is 1. The molecule has 0 radical (unpaired) electrons. The van der Waals surface area contributed by atoms with Crippen LogP contribution in [0, 0.1) is 11.3 Å². The predicted molar refractivity (Wildman–Crippen MR) is 78.3 cm³/mol. The molecule has 20 heavy (non-hydrogen) atoms. The minimum atomic E-state index is 0.666. The molecule has 2 aromatic carbocycles. The van der Waals surface area contributed by atoms with E-state index in [9.17, 15) is 0 Å². The van der Waals surface area contributed by atoms with E-state index in [1.807, 2.05) is 30.3 Å². The lowest BCUT2D eigenvalue weighted by Crippen LogP contribution is -1.93. The van der Waals surface area contributed by atoms with E-state index in [1.54, 1.807) is 27.4 Å². The van der Waals surface area contributed by atoms with Gasteiger partial charge in [0.2, 0.25) is 0 Å². The second-order valence-electron chi connectivity index (χ2n) is 4.08. The Balaban J connectivity index is 2.75. The number of ether oxygens (including phenoxy) is 3. The lowest BCUT2D eigenvalue weighted by Gasteiger charge is -2.13. The van der Waals surface area contributed by atoms with Crippen molar-refractivity contribution in [2.45, 2.75) is 0 Å². The van der Waals surface area contributed by atoms with E-state index in [1.165, 1.54) is 6.08 Å². The number of rotatable bonds is 4. The zero-order valence-corrected chi connectivity index (χ0v) is 11.6. The summed E-state index contributed by atoms with van der Waals surface area (Å²) in [5.41, 5.74) is 0.813. The van der Waals surface area contributed by atoms with Crippen LogP contribution in [0.15, 0.2) is 30.3 Å². The largest absolute Gasteiger partial charge is 0.496 e. The number of nitrogens with zero attached hydrogens (tertiary/aromatic N) is 1. The minimum absolute atomic E-state index is 0.666. The third-order valence-electron chi connectivity index (χ3n) is 3.05. The van der Waals surface area contributed by atoms with E-state index < -0.39 is 0 Å². The Morgan fingerprint density at radius 2 is 1.75 bits per heavy atom. The van der Waals surface area contributed by atoms with Crippen molar-refractivity contribution >= 4 is 16.8 Å². The quantitative estimate of drug-likeness (QED) is 0.798. The highest BCUT2D eigenvalue weighted by atomic mass is 16.5. The van der Waals surface area contributed by atoms with E-state index in [-0.39, 0.29) is 0 Å². The average molecular weight is 269 g/mol. The highest BCUT2D eigenvalue weighted by Gasteiger charge is 2.11. The Labute approximate surface area is 117 Å². The van der Waals surface area contributed by atoms with Crippen molar-refractivity contribution in [1.29, 1.82) is 5.26 Å². The Kier molecular flexibility index (Phi) is 4.11. The molecule has 0 atom stereocenters. The fraction of sp³-hybridized carbons (Fsp3) is 0.188. The van der Waals surface area contributed by atoms with Gasteiger partial charge in [-0.05, 0) is 29.7 Å². The molecule has 0 amide bonds. The van der Waals surface area contributed by atoms with Crippen molar-refractivity contribution < 1.29 is 14.2 Å². The SMILES string of the molecule is COc1cc2ccc(OC)c(OC)c2cc1C=CC#N. The number of methoxy groups -OCH3 is 3. The molecular weight excluding hydrogens is 254 g/mol. The van der Waals surface area contributed by atoms with E-state index in [2.05, 4.69) is 0 Å². The maximum atomic E-state index is 8.67. The Hall–Kier alpha value is -2.67. The van der Waals surface area contributed by atoms with Gasteiger partial charge in [0.15, 0.2) is 11.5 Å². The summed E-state index contributed by atoms with van der Waals surface area (Å²) in [5.74, 6) is 2.04. The lowest BCUT2D eigenvalue weighted by atomic mass is 10.0. The molecule has 0 aliphatic carbocycles. The van der Waals surface area contributed by atoms with Crippen molar-refractivity contribution in [3.8, 4) is 23.3 Å². The molecule has 0 heterocycles. The van der Waals surface area contributed by atoms with Crippen LogP contribution < -0.4 is 14.2 Å². The Morgan fingerprint density at radius 3 is 2.35 bits per heavy atom. The summed E-state index contributed by atoms with van der Waals surface area (Å²) in [6.45, 7) is 0. The first-order chi connectivity index (χ1) is 9.74. The van der Waals surface area contributed by atoms with Gasteiger partial charge in [0.25, 0.3) is 0 Å². The number of allylic oxidation sites excluding steroid dienone is 1. The van der Waals surface area contributed by atoms with Crippen LogP contribution in [0.2, 0.25) is 0 Å². The highest BCUT2D eigenvalue weighted by molar-refractivity contribution is 5.94.